The minimum absolute atomic E-state index is 0.0156. The van der Waals surface area contributed by atoms with Gasteiger partial charge >= 0.3 is 5.97 Å². The molecule has 0 bridgehead atoms. The van der Waals surface area contributed by atoms with Crippen molar-refractivity contribution in [2.45, 2.75) is 19.3 Å². The van der Waals surface area contributed by atoms with Crippen molar-refractivity contribution in [1.29, 1.82) is 0 Å². The van der Waals surface area contributed by atoms with Gasteiger partial charge in [0.25, 0.3) is 0 Å². The Morgan fingerprint density at radius 3 is 2.59 bits per heavy atom. The van der Waals surface area contributed by atoms with Gasteiger partial charge in [0.2, 0.25) is 0 Å². The number of benzene rings is 1. The maximum absolute atomic E-state index is 10.9. The van der Waals surface area contributed by atoms with Gasteiger partial charge in [0.1, 0.15) is 0 Å². The van der Waals surface area contributed by atoms with Crippen LogP contribution in [0.3, 0.4) is 0 Å². The SMILES string of the molecule is COC(=O)/C=C/NCC(C)(C)c1ccccc1. The van der Waals surface area contributed by atoms with Crippen LogP contribution in [-0.4, -0.2) is 19.6 Å². The third-order valence-corrected chi connectivity index (χ3v) is 2.64. The van der Waals surface area contributed by atoms with Gasteiger partial charge in [-0.1, -0.05) is 44.2 Å². The number of carbonyl (C=O) groups is 1. The zero-order valence-electron chi connectivity index (χ0n) is 10.6. The Balaban J connectivity index is 2.51. The number of ether oxygens (including phenoxy) is 1. The Bertz CT molecular complexity index is 382. The highest BCUT2D eigenvalue weighted by Gasteiger charge is 2.18. The van der Waals surface area contributed by atoms with Gasteiger partial charge in [-0.3, -0.25) is 0 Å². The first kappa shape index (κ1) is 13.3. The van der Waals surface area contributed by atoms with E-state index in [0.717, 1.165) is 6.54 Å². The molecule has 0 aromatic heterocycles. The van der Waals surface area contributed by atoms with Crippen LogP contribution in [0, 0.1) is 0 Å². The topological polar surface area (TPSA) is 38.3 Å². The van der Waals surface area contributed by atoms with Crippen LogP contribution in [0.1, 0.15) is 19.4 Å². The van der Waals surface area contributed by atoms with Crippen molar-refractivity contribution in [3.05, 3.63) is 48.2 Å². The van der Waals surface area contributed by atoms with E-state index in [9.17, 15) is 4.79 Å². The van der Waals surface area contributed by atoms with Gasteiger partial charge < -0.3 is 10.1 Å². The molecule has 0 atom stereocenters. The van der Waals surface area contributed by atoms with E-state index >= 15 is 0 Å². The zero-order chi connectivity index (χ0) is 12.7. The zero-order valence-corrected chi connectivity index (χ0v) is 10.6. The van der Waals surface area contributed by atoms with Crippen LogP contribution >= 0.6 is 0 Å². The molecule has 1 N–H and O–H groups in total. The molecule has 0 heterocycles. The molecule has 0 fully saturated rings. The lowest BCUT2D eigenvalue weighted by Crippen LogP contribution is -2.30. The van der Waals surface area contributed by atoms with Gasteiger partial charge in [-0.2, -0.15) is 0 Å². The molecule has 0 aliphatic heterocycles. The van der Waals surface area contributed by atoms with Gasteiger partial charge in [0, 0.05) is 24.2 Å². The minimum atomic E-state index is -0.352. The molecule has 3 nitrogen and oxygen atoms in total. The van der Waals surface area contributed by atoms with E-state index in [1.54, 1.807) is 6.20 Å². The molecule has 0 aliphatic carbocycles. The number of esters is 1. The summed E-state index contributed by atoms with van der Waals surface area (Å²) in [6, 6.07) is 10.3. The van der Waals surface area contributed by atoms with Crippen LogP contribution in [-0.2, 0) is 14.9 Å². The van der Waals surface area contributed by atoms with Crippen molar-refractivity contribution >= 4 is 5.97 Å². The van der Waals surface area contributed by atoms with Crippen molar-refractivity contribution in [1.82, 2.24) is 5.32 Å². The van der Waals surface area contributed by atoms with E-state index in [1.807, 2.05) is 18.2 Å². The number of nitrogens with one attached hydrogen (secondary N) is 1. The molecule has 3 heteroatoms. The van der Waals surface area contributed by atoms with Crippen LogP contribution in [0.4, 0.5) is 0 Å². The molecule has 0 unspecified atom stereocenters. The summed E-state index contributed by atoms with van der Waals surface area (Å²) in [4.78, 5) is 10.9. The summed E-state index contributed by atoms with van der Waals surface area (Å²) >= 11 is 0. The van der Waals surface area contributed by atoms with E-state index in [0.29, 0.717) is 0 Å². The van der Waals surface area contributed by atoms with E-state index in [4.69, 9.17) is 0 Å². The van der Waals surface area contributed by atoms with Crippen LogP contribution in [0.2, 0.25) is 0 Å². The fourth-order valence-corrected chi connectivity index (χ4v) is 1.50. The Labute approximate surface area is 102 Å². The normalized spacial score (nSPS) is 11.5. The summed E-state index contributed by atoms with van der Waals surface area (Å²) in [5.41, 5.74) is 1.28. The van der Waals surface area contributed by atoms with Gasteiger partial charge in [-0.05, 0) is 5.56 Å². The third-order valence-electron chi connectivity index (χ3n) is 2.64. The van der Waals surface area contributed by atoms with Crippen molar-refractivity contribution in [3.8, 4) is 0 Å². The fourth-order valence-electron chi connectivity index (χ4n) is 1.50. The molecular weight excluding hydrogens is 214 g/mol. The molecule has 0 amide bonds. The smallest absolute Gasteiger partial charge is 0.331 e. The quantitative estimate of drug-likeness (QED) is 0.626. The average Bonchev–Trinajstić information content (AvgIpc) is 2.35. The first-order valence-corrected chi connectivity index (χ1v) is 5.59. The van der Waals surface area contributed by atoms with Gasteiger partial charge in [-0.15, -0.1) is 0 Å². The maximum atomic E-state index is 10.9. The van der Waals surface area contributed by atoms with Crippen molar-refractivity contribution in [2.24, 2.45) is 0 Å². The number of hydrogen-bond acceptors (Lipinski definition) is 3. The van der Waals surface area contributed by atoms with Crippen molar-refractivity contribution < 1.29 is 9.53 Å². The van der Waals surface area contributed by atoms with E-state index in [1.165, 1.54) is 18.7 Å². The highest BCUT2D eigenvalue weighted by molar-refractivity contribution is 5.81. The van der Waals surface area contributed by atoms with Gasteiger partial charge in [-0.25, -0.2) is 4.79 Å². The van der Waals surface area contributed by atoms with Gasteiger partial charge in [0.15, 0.2) is 0 Å². The molecule has 17 heavy (non-hydrogen) atoms. The molecular formula is C14H19NO2. The molecule has 0 saturated heterocycles. The first-order chi connectivity index (χ1) is 8.06. The Kier molecular flexibility index (Phi) is 4.76. The average molecular weight is 233 g/mol. The molecule has 0 aliphatic rings. The predicted molar refractivity (Wildman–Crippen MR) is 68.6 cm³/mol. The molecule has 92 valence electrons. The van der Waals surface area contributed by atoms with Crippen LogP contribution in [0.15, 0.2) is 42.6 Å². The van der Waals surface area contributed by atoms with E-state index < -0.39 is 0 Å². The minimum Gasteiger partial charge on any atom is -0.466 e. The van der Waals surface area contributed by atoms with Crippen molar-refractivity contribution in [3.63, 3.8) is 0 Å². The molecule has 1 aromatic rings. The summed E-state index contributed by atoms with van der Waals surface area (Å²) in [6.07, 6.45) is 3.00. The third kappa shape index (κ3) is 4.31. The maximum Gasteiger partial charge on any atom is 0.331 e. The lowest BCUT2D eigenvalue weighted by molar-refractivity contribution is -0.134. The number of methoxy groups -OCH3 is 1. The second-order valence-corrected chi connectivity index (χ2v) is 4.49. The lowest BCUT2D eigenvalue weighted by Gasteiger charge is -2.25. The molecule has 0 radical (unpaired) electrons. The summed E-state index contributed by atoms with van der Waals surface area (Å²) in [7, 11) is 1.36. The summed E-state index contributed by atoms with van der Waals surface area (Å²) < 4.78 is 4.50. The highest BCUT2D eigenvalue weighted by Crippen LogP contribution is 2.21. The number of rotatable bonds is 5. The Morgan fingerprint density at radius 2 is 2.00 bits per heavy atom. The summed E-state index contributed by atoms with van der Waals surface area (Å²) in [5, 5.41) is 3.11. The Morgan fingerprint density at radius 1 is 1.35 bits per heavy atom. The van der Waals surface area contributed by atoms with Gasteiger partial charge in [0.05, 0.1) is 7.11 Å². The largest absolute Gasteiger partial charge is 0.466 e. The van der Waals surface area contributed by atoms with Crippen molar-refractivity contribution in [2.75, 3.05) is 13.7 Å². The predicted octanol–water partition coefficient (Wildman–Crippen LogP) is 2.24. The Hall–Kier alpha value is -1.77. The highest BCUT2D eigenvalue weighted by atomic mass is 16.5. The van der Waals surface area contributed by atoms with Crippen LogP contribution < -0.4 is 5.32 Å². The summed E-state index contributed by atoms with van der Waals surface area (Å²) in [6.45, 7) is 5.06. The summed E-state index contributed by atoms with van der Waals surface area (Å²) in [5.74, 6) is -0.352. The first-order valence-electron chi connectivity index (χ1n) is 5.59. The molecule has 1 aromatic carbocycles. The molecule has 0 spiro atoms. The second-order valence-electron chi connectivity index (χ2n) is 4.49. The van der Waals surface area contributed by atoms with E-state index in [2.05, 4.69) is 36.0 Å². The molecule has 0 saturated carbocycles. The van der Waals surface area contributed by atoms with E-state index in [-0.39, 0.29) is 11.4 Å². The number of hydrogen-bond donors (Lipinski definition) is 1. The lowest BCUT2D eigenvalue weighted by atomic mass is 9.85. The fraction of sp³-hybridized carbons (Fsp3) is 0.357. The molecule has 1 rings (SSSR count). The van der Waals surface area contributed by atoms with Crippen LogP contribution in [0.5, 0.6) is 0 Å². The monoisotopic (exact) mass is 233 g/mol. The number of carbonyl (C=O) groups excluding carboxylic acids is 1. The van der Waals surface area contributed by atoms with Crippen LogP contribution in [0.25, 0.3) is 0 Å². The second kappa shape index (κ2) is 6.09. The standard InChI is InChI=1S/C14H19NO2/c1-14(2,12-7-5-4-6-8-12)11-15-10-9-13(16)17-3/h4-10,15H,11H2,1-3H3/b10-9+.